The molecule has 0 saturated carbocycles. The maximum atomic E-state index is 6.45. The van der Waals surface area contributed by atoms with Crippen LogP contribution in [0.25, 0.3) is 0 Å². The van der Waals surface area contributed by atoms with Gasteiger partial charge in [0.1, 0.15) is 0 Å². The fourth-order valence-electron chi connectivity index (χ4n) is 1.80. The van der Waals surface area contributed by atoms with Crippen molar-refractivity contribution in [3.05, 3.63) is 69.7 Å². The van der Waals surface area contributed by atoms with Crippen LogP contribution in [0.4, 0.5) is 0 Å². The van der Waals surface area contributed by atoms with Crippen LogP contribution in [0.5, 0.6) is 0 Å². The van der Waals surface area contributed by atoms with Crippen LogP contribution in [0, 0.1) is 6.92 Å². The van der Waals surface area contributed by atoms with Crippen LogP contribution >= 0.6 is 27.5 Å². The Morgan fingerprint density at radius 2 is 1.82 bits per heavy atom. The second-order valence-corrected chi connectivity index (χ2v) is 5.55. The molecule has 1 atom stereocenters. The predicted molar refractivity (Wildman–Crippen MR) is 77.6 cm³/mol. The Kier molecular flexibility index (Phi) is 4.25. The van der Waals surface area contributed by atoms with Gasteiger partial charge in [0.15, 0.2) is 0 Å². The Morgan fingerprint density at radius 1 is 1.12 bits per heavy atom. The van der Waals surface area contributed by atoms with Gasteiger partial charge in [0.05, 0.1) is 5.38 Å². The Balaban J connectivity index is 2.14. The fourth-order valence-corrected chi connectivity index (χ4v) is 2.36. The smallest absolute Gasteiger partial charge is 0.0625 e. The van der Waals surface area contributed by atoms with E-state index in [4.69, 9.17) is 11.6 Å². The number of aryl methyl sites for hydroxylation is 1. The average Bonchev–Trinajstić information content (AvgIpc) is 2.34. The third kappa shape index (κ3) is 3.34. The van der Waals surface area contributed by atoms with Gasteiger partial charge < -0.3 is 0 Å². The van der Waals surface area contributed by atoms with E-state index in [1.54, 1.807) is 0 Å². The Morgan fingerprint density at radius 3 is 2.47 bits per heavy atom. The van der Waals surface area contributed by atoms with Crippen LogP contribution in [0.3, 0.4) is 0 Å². The van der Waals surface area contributed by atoms with Crippen molar-refractivity contribution < 1.29 is 0 Å². The van der Waals surface area contributed by atoms with E-state index in [0.29, 0.717) is 0 Å². The van der Waals surface area contributed by atoms with Gasteiger partial charge in [0.25, 0.3) is 0 Å². The van der Waals surface area contributed by atoms with Gasteiger partial charge in [0, 0.05) is 4.47 Å². The standard InChI is InChI=1S/C15H14BrCl/c1-11-9-13(7-8-14(11)16)15(17)10-12-5-3-2-4-6-12/h2-9,15H,10H2,1H3. The maximum absolute atomic E-state index is 6.45. The lowest BCUT2D eigenvalue weighted by Gasteiger charge is -2.11. The minimum Gasteiger partial charge on any atom is -0.117 e. The first-order valence-electron chi connectivity index (χ1n) is 5.61. The van der Waals surface area contributed by atoms with Crippen LogP contribution < -0.4 is 0 Å². The second-order valence-electron chi connectivity index (χ2n) is 4.17. The zero-order valence-electron chi connectivity index (χ0n) is 9.66. The molecule has 1 unspecified atom stereocenters. The first-order valence-corrected chi connectivity index (χ1v) is 6.84. The first kappa shape index (κ1) is 12.7. The van der Waals surface area contributed by atoms with Crippen molar-refractivity contribution in [1.82, 2.24) is 0 Å². The van der Waals surface area contributed by atoms with Crippen LogP contribution in [0.2, 0.25) is 0 Å². The maximum Gasteiger partial charge on any atom is 0.0625 e. The van der Waals surface area contributed by atoms with Crippen LogP contribution in [-0.4, -0.2) is 0 Å². The molecule has 0 amide bonds. The van der Waals surface area contributed by atoms with E-state index in [-0.39, 0.29) is 5.38 Å². The highest BCUT2D eigenvalue weighted by molar-refractivity contribution is 9.10. The summed E-state index contributed by atoms with van der Waals surface area (Å²) in [5, 5.41) is 0.0317. The molecule has 0 N–H and O–H groups in total. The summed E-state index contributed by atoms with van der Waals surface area (Å²) >= 11 is 9.95. The molecule has 0 aromatic heterocycles. The van der Waals surface area contributed by atoms with Crippen LogP contribution in [0.1, 0.15) is 22.1 Å². The van der Waals surface area contributed by atoms with Gasteiger partial charge in [-0.15, -0.1) is 11.6 Å². The minimum absolute atomic E-state index is 0.0317. The van der Waals surface area contributed by atoms with Crippen LogP contribution in [0.15, 0.2) is 53.0 Å². The monoisotopic (exact) mass is 308 g/mol. The van der Waals surface area contributed by atoms with Crippen LogP contribution in [-0.2, 0) is 6.42 Å². The van der Waals surface area contributed by atoms with E-state index < -0.39 is 0 Å². The third-order valence-electron chi connectivity index (χ3n) is 2.80. The molecule has 0 radical (unpaired) electrons. The summed E-state index contributed by atoms with van der Waals surface area (Å²) < 4.78 is 1.13. The summed E-state index contributed by atoms with van der Waals surface area (Å²) in [5.74, 6) is 0. The van der Waals surface area contributed by atoms with Gasteiger partial charge in [-0.1, -0.05) is 58.4 Å². The fraction of sp³-hybridized carbons (Fsp3) is 0.200. The van der Waals surface area contributed by atoms with Crippen molar-refractivity contribution in [3.8, 4) is 0 Å². The second kappa shape index (κ2) is 5.70. The van der Waals surface area contributed by atoms with E-state index in [9.17, 15) is 0 Å². The van der Waals surface area contributed by atoms with Crippen molar-refractivity contribution in [2.75, 3.05) is 0 Å². The normalized spacial score (nSPS) is 12.4. The largest absolute Gasteiger partial charge is 0.117 e. The van der Waals surface area contributed by atoms with Crippen molar-refractivity contribution in [3.63, 3.8) is 0 Å². The number of alkyl halides is 1. The highest BCUT2D eigenvalue weighted by atomic mass is 79.9. The summed E-state index contributed by atoms with van der Waals surface area (Å²) in [6, 6.07) is 16.6. The average molecular weight is 310 g/mol. The van der Waals surface area contributed by atoms with Crippen molar-refractivity contribution in [2.24, 2.45) is 0 Å². The molecule has 17 heavy (non-hydrogen) atoms. The topological polar surface area (TPSA) is 0 Å². The SMILES string of the molecule is Cc1cc(C(Cl)Cc2ccccc2)ccc1Br. The lowest BCUT2D eigenvalue weighted by atomic mass is 10.0. The van der Waals surface area contributed by atoms with Gasteiger partial charge in [-0.3, -0.25) is 0 Å². The minimum atomic E-state index is 0.0317. The summed E-state index contributed by atoms with van der Waals surface area (Å²) in [5.41, 5.74) is 3.67. The lowest BCUT2D eigenvalue weighted by molar-refractivity contribution is 0.917. The first-order chi connectivity index (χ1) is 8.16. The van der Waals surface area contributed by atoms with Crippen molar-refractivity contribution in [2.45, 2.75) is 18.7 Å². The number of hydrogen-bond acceptors (Lipinski definition) is 0. The Labute approximate surface area is 116 Å². The number of halogens is 2. The lowest BCUT2D eigenvalue weighted by Crippen LogP contribution is -1.96. The molecule has 0 nitrogen and oxygen atoms in total. The van der Waals surface area contributed by atoms with Crippen molar-refractivity contribution >= 4 is 27.5 Å². The molecular formula is C15H14BrCl. The number of hydrogen-bond donors (Lipinski definition) is 0. The highest BCUT2D eigenvalue weighted by Crippen LogP contribution is 2.28. The van der Waals surface area contributed by atoms with E-state index in [1.807, 2.05) is 18.2 Å². The molecule has 0 aliphatic rings. The van der Waals surface area contributed by atoms with E-state index in [0.717, 1.165) is 10.9 Å². The summed E-state index contributed by atoms with van der Waals surface area (Å²) in [6.45, 7) is 2.08. The molecule has 0 fully saturated rings. The predicted octanol–water partition coefficient (Wildman–Crippen LogP) is 5.28. The van der Waals surface area contributed by atoms with Crippen molar-refractivity contribution in [1.29, 1.82) is 0 Å². The molecule has 88 valence electrons. The number of benzene rings is 2. The van der Waals surface area contributed by atoms with Gasteiger partial charge >= 0.3 is 0 Å². The Hall–Kier alpha value is -0.790. The summed E-state index contributed by atoms with van der Waals surface area (Å²) in [4.78, 5) is 0. The van der Waals surface area contributed by atoms with Gasteiger partial charge in [0.2, 0.25) is 0 Å². The zero-order chi connectivity index (χ0) is 12.3. The molecule has 0 heterocycles. The molecule has 2 aromatic carbocycles. The quantitative estimate of drug-likeness (QED) is 0.677. The van der Waals surface area contributed by atoms with Gasteiger partial charge in [-0.25, -0.2) is 0 Å². The molecule has 0 spiro atoms. The molecule has 2 aromatic rings. The van der Waals surface area contributed by atoms with E-state index >= 15 is 0 Å². The van der Waals surface area contributed by atoms with E-state index in [2.05, 4.69) is 53.2 Å². The highest BCUT2D eigenvalue weighted by Gasteiger charge is 2.09. The zero-order valence-corrected chi connectivity index (χ0v) is 12.0. The molecule has 0 bridgehead atoms. The molecule has 0 aliphatic heterocycles. The summed E-state index contributed by atoms with van der Waals surface area (Å²) in [6.07, 6.45) is 0.865. The van der Waals surface area contributed by atoms with Gasteiger partial charge in [-0.2, -0.15) is 0 Å². The van der Waals surface area contributed by atoms with Gasteiger partial charge in [-0.05, 0) is 36.1 Å². The third-order valence-corrected chi connectivity index (χ3v) is 4.10. The molecule has 0 saturated heterocycles. The molecule has 0 aliphatic carbocycles. The molecule has 2 heteroatoms. The molecule has 2 rings (SSSR count). The van der Waals surface area contributed by atoms with E-state index in [1.165, 1.54) is 16.7 Å². The summed E-state index contributed by atoms with van der Waals surface area (Å²) in [7, 11) is 0. The Bertz CT molecular complexity index is 494. The number of rotatable bonds is 3. The molecular weight excluding hydrogens is 296 g/mol.